The average molecular weight is 941 g/mol. The van der Waals surface area contributed by atoms with Gasteiger partial charge < -0.3 is 42.8 Å². The highest BCUT2D eigenvalue weighted by molar-refractivity contribution is 9.11. The first-order valence-electron chi connectivity index (χ1n) is 17.8. The number of anilines is 1. The fourth-order valence-electron chi connectivity index (χ4n) is 7.14. The lowest BCUT2D eigenvalue weighted by molar-refractivity contribution is 0.0952. The fourth-order valence-corrected chi connectivity index (χ4v) is 8.12. The summed E-state index contributed by atoms with van der Waals surface area (Å²) in [6.45, 7) is 9.93. The summed E-state index contributed by atoms with van der Waals surface area (Å²) < 4.78 is 16.9. The van der Waals surface area contributed by atoms with E-state index in [9.17, 15) is 0 Å². The number of aromatic nitrogens is 6. The molecule has 4 saturated heterocycles. The zero-order chi connectivity index (χ0) is 40.8. The molecule has 0 amide bonds. The molecule has 4 aromatic rings. The van der Waals surface area contributed by atoms with Crippen molar-refractivity contribution in [1.82, 2.24) is 34.1 Å². The van der Waals surface area contributed by atoms with Crippen LogP contribution in [-0.4, -0.2) is 92.4 Å². The molecular weight excluding hydrogens is 896 g/mol. The minimum Gasteiger partial charge on any atom is -0.376 e. The summed E-state index contributed by atoms with van der Waals surface area (Å²) in [4.78, 5) is 19.3. The van der Waals surface area contributed by atoms with Gasteiger partial charge in [-0.15, -0.1) is 0 Å². The highest BCUT2D eigenvalue weighted by atomic mass is 79.9. The molecule has 0 saturated carbocycles. The Morgan fingerprint density at radius 3 is 1.63 bits per heavy atom. The van der Waals surface area contributed by atoms with Gasteiger partial charge in [0.05, 0.1) is 34.4 Å². The Morgan fingerprint density at radius 2 is 1.16 bits per heavy atom. The van der Waals surface area contributed by atoms with E-state index in [0.717, 1.165) is 78.4 Å². The molecule has 8 rings (SSSR count). The summed E-state index contributed by atoms with van der Waals surface area (Å²) in [5.41, 5.74) is 14.6. The van der Waals surface area contributed by atoms with Crippen molar-refractivity contribution in [3.63, 3.8) is 0 Å². The smallest absolute Gasteiger partial charge is 0.211 e. The van der Waals surface area contributed by atoms with Gasteiger partial charge >= 0.3 is 0 Å². The van der Waals surface area contributed by atoms with Gasteiger partial charge in [0.1, 0.15) is 0 Å². The second kappa shape index (κ2) is 20.9. The maximum atomic E-state index is 6.39. The molecule has 4 atom stereocenters. The van der Waals surface area contributed by atoms with E-state index in [2.05, 4.69) is 140 Å². The molecule has 0 aromatic carbocycles. The van der Waals surface area contributed by atoms with Crippen LogP contribution in [0.15, 0.2) is 98.4 Å². The van der Waals surface area contributed by atoms with Crippen molar-refractivity contribution in [1.29, 1.82) is 0 Å². The van der Waals surface area contributed by atoms with E-state index in [4.69, 9.17) is 32.5 Å². The first-order chi connectivity index (χ1) is 27.6. The Bertz CT molecular complexity index is 1960. The summed E-state index contributed by atoms with van der Waals surface area (Å²) in [6, 6.07) is 0.389. The molecule has 4 fully saturated rings. The Balaban J connectivity index is 0.000000153. The van der Waals surface area contributed by atoms with Gasteiger partial charge in [0, 0.05) is 73.2 Å². The van der Waals surface area contributed by atoms with Crippen molar-refractivity contribution in [2.45, 2.75) is 63.8 Å². The van der Waals surface area contributed by atoms with Crippen LogP contribution in [0.3, 0.4) is 0 Å². The minimum atomic E-state index is 0.138. The number of halogens is 3. The molecule has 27 heteroatoms. The first kappa shape index (κ1) is 43.8. The van der Waals surface area contributed by atoms with Crippen molar-refractivity contribution in [3.05, 3.63) is 51.4 Å². The quantitative estimate of drug-likeness (QED) is 0.0785. The molecular formula is C30H45Br2ClN22O2. The molecule has 0 radical (unpaired) electrons. The van der Waals surface area contributed by atoms with E-state index < -0.39 is 0 Å². The maximum Gasteiger partial charge on any atom is 0.211 e. The summed E-state index contributed by atoms with van der Waals surface area (Å²) in [5.74, 6) is 10.1. The molecule has 308 valence electrons. The standard InChI is InChI=1S/C15H20BrN5O.C9H18N2O.C6H3BrClN3.H4N12/c1-10-12(17)15(9-22-10)2-5-20(6-3-15)14-19-8-11(16)13-18-4-7-21(13)14;1-7-8(10)9(6-12-7)2-4-11-5-3-9;7-4-3-10-6(8)11-2-1-9-5(4)11;1-3-5-7-9-11-12-10-8-6-4-2/h4,7-8,10,12H,2-3,5-6,9,17H2,1H3;7-8,11H,2-6,10H2,1H3;1-3H;(H2,1,4,5,8,9,12)(H2,2,3,6,7,10,11)/t10-,12+;7-,8+;;/m00../s1. The number of rotatable bonds is 5. The van der Waals surface area contributed by atoms with Crippen LogP contribution in [0, 0.1) is 10.8 Å². The number of piperidine rings is 2. The third-order valence-electron chi connectivity index (χ3n) is 10.4. The monoisotopic (exact) mass is 938 g/mol. The molecule has 4 aliphatic heterocycles. The lowest BCUT2D eigenvalue weighted by Crippen LogP contribution is -2.51. The number of nitrogens with one attached hydrogen (secondary N) is 1. The molecule has 57 heavy (non-hydrogen) atoms. The van der Waals surface area contributed by atoms with Crippen LogP contribution >= 0.6 is 43.5 Å². The first-order valence-corrected chi connectivity index (χ1v) is 19.7. The topological polar surface area (TPSA) is 322 Å². The maximum absolute atomic E-state index is 6.39. The predicted molar refractivity (Wildman–Crippen MR) is 214 cm³/mol. The lowest BCUT2D eigenvalue weighted by Gasteiger charge is -2.41. The number of nitrogens with two attached hydrogens (primary N) is 4. The number of nitrogens with zero attached hydrogens (tertiary/aromatic N) is 17. The average Bonchev–Trinajstić information content (AvgIpc) is 4.04. The Labute approximate surface area is 348 Å². The normalized spacial score (nSPS) is 24.2. The van der Waals surface area contributed by atoms with Crippen LogP contribution in [0.4, 0.5) is 5.95 Å². The van der Waals surface area contributed by atoms with Crippen LogP contribution in [0.1, 0.15) is 39.5 Å². The number of hydrogen-bond donors (Lipinski definition) is 5. The summed E-state index contributed by atoms with van der Waals surface area (Å²) in [6.07, 6.45) is 15.5. The van der Waals surface area contributed by atoms with Crippen molar-refractivity contribution >= 4 is 60.7 Å². The Hall–Kier alpha value is -4.31. The van der Waals surface area contributed by atoms with Gasteiger partial charge in [-0.05, 0) is 138 Å². The van der Waals surface area contributed by atoms with Gasteiger partial charge in [0.15, 0.2) is 11.3 Å². The second-order valence-electron chi connectivity index (χ2n) is 13.5. The van der Waals surface area contributed by atoms with Crippen LogP contribution in [0.2, 0.25) is 5.28 Å². The summed E-state index contributed by atoms with van der Waals surface area (Å²) in [5, 5.41) is 32.7. The Morgan fingerprint density at radius 1 is 0.702 bits per heavy atom. The predicted octanol–water partition coefficient (Wildman–Crippen LogP) is 4.73. The second-order valence-corrected chi connectivity index (χ2v) is 15.6. The molecule has 4 aliphatic rings. The zero-order valence-electron chi connectivity index (χ0n) is 31.2. The molecule has 0 bridgehead atoms. The van der Waals surface area contributed by atoms with Crippen LogP contribution in [0.5, 0.6) is 0 Å². The minimum absolute atomic E-state index is 0.138. The number of imidazole rings is 2. The van der Waals surface area contributed by atoms with Crippen molar-refractivity contribution in [2.75, 3.05) is 44.3 Å². The van der Waals surface area contributed by atoms with Crippen LogP contribution in [-0.2, 0) is 9.47 Å². The summed E-state index contributed by atoms with van der Waals surface area (Å²) in [7, 11) is 0. The van der Waals surface area contributed by atoms with Gasteiger partial charge in [-0.2, -0.15) is 0 Å². The zero-order valence-corrected chi connectivity index (χ0v) is 35.1. The molecule has 8 heterocycles. The molecule has 0 unspecified atom stereocenters. The largest absolute Gasteiger partial charge is 0.376 e. The fraction of sp³-hybridized carbons (Fsp3) is 0.600. The van der Waals surface area contributed by atoms with Crippen LogP contribution < -0.4 is 33.4 Å². The Kier molecular flexibility index (Phi) is 16.1. The lowest BCUT2D eigenvalue weighted by atomic mass is 9.73. The third kappa shape index (κ3) is 10.8. The molecule has 4 aromatic heterocycles. The van der Waals surface area contributed by atoms with E-state index in [1.165, 1.54) is 12.8 Å². The van der Waals surface area contributed by atoms with Crippen LogP contribution in [0.25, 0.3) is 11.3 Å². The van der Waals surface area contributed by atoms with Gasteiger partial charge in [-0.1, -0.05) is 10.4 Å². The highest BCUT2D eigenvalue weighted by Crippen LogP contribution is 2.42. The van der Waals surface area contributed by atoms with E-state index >= 15 is 0 Å². The van der Waals surface area contributed by atoms with E-state index in [1.807, 2.05) is 16.8 Å². The van der Waals surface area contributed by atoms with Gasteiger partial charge in [-0.3, -0.25) is 8.80 Å². The summed E-state index contributed by atoms with van der Waals surface area (Å²) >= 11 is 12.6. The number of ether oxygens (including phenoxy) is 2. The molecule has 2 spiro atoms. The van der Waals surface area contributed by atoms with Gasteiger partial charge in [0.2, 0.25) is 11.2 Å². The molecule has 24 nitrogen and oxygen atoms in total. The van der Waals surface area contributed by atoms with Gasteiger partial charge in [0.25, 0.3) is 0 Å². The van der Waals surface area contributed by atoms with E-state index in [0.29, 0.717) is 10.7 Å². The van der Waals surface area contributed by atoms with Crippen molar-refractivity contribution < 1.29 is 9.47 Å². The van der Waals surface area contributed by atoms with Gasteiger partial charge in [-0.25, -0.2) is 19.9 Å². The molecule has 0 aliphatic carbocycles. The van der Waals surface area contributed by atoms with Crippen molar-refractivity contribution in [2.24, 2.45) is 86.2 Å². The van der Waals surface area contributed by atoms with E-state index in [-0.39, 0.29) is 29.7 Å². The SMILES string of the molecule is C[C@@H]1OCC2(CCN(c3ncc(Br)c4nccn34)CC2)[C@@H]1N.C[C@@H]1OCC2(CCNCC2)[C@@H]1N.Clc1ncc(Br)c2nccn12.N/N=N/N=N/N=N/N=N/N=N/N. The van der Waals surface area contributed by atoms with E-state index in [1.54, 1.807) is 29.2 Å². The number of fused-ring (bicyclic) bond motifs is 2. The third-order valence-corrected chi connectivity index (χ3v) is 11.8. The highest BCUT2D eigenvalue weighted by Gasteiger charge is 2.48. The van der Waals surface area contributed by atoms with Crippen molar-refractivity contribution in [3.8, 4) is 0 Å². The molecule has 9 N–H and O–H groups in total. The number of hydrogen-bond acceptors (Lipinski definition) is 12.